The third-order valence-corrected chi connectivity index (χ3v) is 4.80. The van der Waals surface area contributed by atoms with Crippen LogP contribution in [0.3, 0.4) is 0 Å². The molecule has 132 valence electrons. The number of hydrogen-bond donors (Lipinski definition) is 1. The molecule has 1 aliphatic carbocycles. The average molecular weight is 337 g/mol. The van der Waals surface area contributed by atoms with Crippen LogP contribution in [0.2, 0.25) is 0 Å². The first-order valence-corrected chi connectivity index (χ1v) is 9.14. The van der Waals surface area contributed by atoms with Crippen LogP contribution >= 0.6 is 0 Å². The molecule has 1 atom stereocenters. The van der Waals surface area contributed by atoms with Gasteiger partial charge in [0.1, 0.15) is 0 Å². The van der Waals surface area contributed by atoms with E-state index < -0.39 is 0 Å². The maximum Gasteiger partial charge on any atom is 0.224 e. The highest BCUT2D eigenvalue weighted by atomic mass is 16.1. The van der Waals surface area contributed by atoms with E-state index in [2.05, 4.69) is 53.7 Å². The Morgan fingerprint density at radius 3 is 2.60 bits per heavy atom. The Morgan fingerprint density at radius 2 is 2.00 bits per heavy atom. The first kappa shape index (κ1) is 17.5. The minimum absolute atomic E-state index is 0.00574. The molecule has 0 saturated carbocycles. The number of benzene rings is 1. The molecule has 1 aromatic carbocycles. The number of amides is 1. The molecule has 2 aromatic rings. The molecule has 25 heavy (non-hydrogen) atoms. The van der Waals surface area contributed by atoms with Crippen LogP contribution in [0.1, 0.15) is 62.0 Å². The van der Waals surface area contributed by atoms with Gasteiger partial charge in [-0.15, -0.1) is 0 Å². The average Bonchev–Trinajstić information content (AvgIpc) is 2.94. The van der Waals surface area contributed by atoms with Crippen LogP contribution in [0.5, 0.6) is 0 Å². The molecule has 1 heterocycles. The van der Waals surface area contributed by atoms with E-state index >= 15 is 0 Å². The van der Waals surface area contributed by atoms with Crippen LogP contribution in [-0.4, -0.2) is 15.7 Å². The molecular weight excluding hydrogens is 310 g/mol. The zero-order valence-electron chi connectivity index (χ0n) is 15.4. The molecule has 0 bridgehead atoms. The van der Waals surface area contributed by atoms with Crippen LogP contribution in [0.4, 0.5) is 0 Å². The molecule has 4 heteroatoms. The quantitative estimate of drug-likeness (QED) is 0.813. The van der Waals surface area contributed by atoms with Crippen LogP contribution in [0, 0.1) is 13.8 Å². The summed E-state index contributed by atoms with van der Waals surface area (Å²) in [5.41, 5.74) is 5.57. The summed E-state index contributed by atoms with van der Waals surface area (Å²) in [4.78, 5) is 12.3. The SMILES string of the molecule is Cc1cc(C)n(-c2ccc(C(C)NC(=O)CC3=CCCCC3)cc2)n1. The van der Waals surface area contributed by atoms with Gasteiger partial charge in [-0.3, -0.25) is 4.79 Å². The van der Waals surface area contributed by atoms with E-state index in [1.54, 1.807) is 0 Å². The van der Waals surface area contributed by atoms with Gasteiger partial charge in [0.2, 0.25) is 5.91 Å². The lowest BCUT2D eigenvalue weighted by Crippen LogP contribution is -2.27. The number of carbonyl (C=O) groups excluding carboxylic acids is 1. The van der Waals surface area contributed by atoms with Crippen molar-refractivity contribution in [3.05, 3.63) is 58.9 Å². The predicted octanol–water partition coefficient (Wildman–Crippen LogP) is 4.56. The summed E-state index contributed by atoms with van der Waals surface area (Å²) in [6.07, 6.45) is 7.42. The molecule has 4 nitrogen and oxygen atoms in total. The number of carbonyl (C=O) groups is 1. The van der Waals surface area contributed by atoms with Gasteiger partial charge in [-0.25, -0.2) is 4.68 Å². The van der Waals surface area contributed by atoms with Crippen molar-refractivity contribution in [2.24, 2.45) is 0 Å². The summed E-state index contributed by atoms with van der Waals surface area (Å²) in [7, 11) is 0. The second-order valence-corrected chi connectivity index (χ2v) is 7.00. The molecule has 0 spiro atoms. The third-order valence-electron chi connectivity index (χ3n) is 4.80. The number of aromatic nitrogens is 2. The van der Waals surface area contributed by atoms with Gasteiger partial charge in [0.15, 0.2) is 0 Å². The molecule has 0 radical (unpaired) electrons. The summed E-state index contributed by atoms with van der Waals surface area (Å²) >= 11 is 0. The summed E-state index contributed by atoms with van der Waals surface area (Å²) in [6, 6.07) is 10.3. The standard InChI is InChI=1S/C21H27N3O/c1-15-13-16(2)24(23-15)20-11-9-19(10-12-20)17(3)22-21(25)14-18-7-5-4-6-8-18/h7,9-13,17H,4-6,8,14H2,1-3H3,(H,22,25). The normalized spacial score (nSPS) is 15.6. The Balaban J connectivity index is 1.62. The minimum atomic E-state index is 0.00574. The lowest BCUT2D eigenvalue weighted by atomic mass is 9.97. The van der Waals surface area contributed by atoms with Crippen molar-refractivity contribution >= 4 is 5.91 Å². The van der Waals surface area contributed by atoms with E-state index in [-0.39, 0.29) is 11.9 Å². The fourth-order valence-corrected chi connectivity index (χ4v) is 3.44. The molecule has 1 amide bonds. The Kier molecular flexibility index (Phi) is 5.37. The second kappa shape index (κ2) is 7.68. The Morgan fingerprint density at radius 1 is 1.24 bits per heavy atom. The highest BCUT2D eigenvalue weighted by molar-refractivity contribution is 5.79. The highest BCUT2D eigenvalue weighted by Crippen LogP contribution is 2.21. The number of allylic oxidation sites excluding steroid dienone is 1. The van der Waals surface area contributed by atoms with Crippen molar-refractivity contribution in [3.8, 4) is 5.69 Å². The van der Waals surface area contributed by atoms with Crippen LogP contribution in [-0.2, 0) is 4.79 Å². The molecule has 1 aromatic heterocycles. The van der Waals surface area contributed by atoms with Gasteiger partial charge >= 0.3 is 0 Å². The largest absolute Gasteiger partial charge is 0.349 e. The third kappa shape index (κ3) is 4.38. The van der Waals surface area contributed by atoms with E-state index in [9.17, 15) is 4.79 Å². The van der Waals surface area contributed by atoms with E-state index in [1.807, 2.05) is 18.5 Å². The van der Waals surface area contributed by atoms with E-state index in [1.165, 1.54) is 18.4 Å². The maximum absolute atomic E-state index is 12.3. The monoisotopic (exact) mass is 337 g/mol. The zero-order chi connectivity index (χ0) is 17.8. The molecule has 0 fully saturated rings. The van der Waals surface area contributed by atoms with Gasteiger partial charge in [0.25, 0.3) is 0 Å². The van der Waals surface area contributed by atoms with Gasteiger partial charge in [0, 0.05) is 12.1 Å². The fraction of sp³-hybridized carbons (Fsp3) is 0.429. The van der Waals surface area contributed by atoms with Crippen molar-refractivity contribution in [1.82, 2.24) is 15.1 Å². The number of nitrogens with zero attached hydrogens (tertiary/aromatic N) is 2. The van der Waals surface area contributed by atoms with Gasteiger partial charge in [0.05, 0.1) is 17.4 Å². The van der Waals surface area contributed by atoms with Crippen LogP contribution < -0.4 is 5.32 Å². The molecule has 1 unspecified atom stereocenters. The van der Waals surface area contributed by atoms with E-state index in [0.717, 1.165) is 35.5 Å². The molecule has 0 aliphatic heterocycles. The van der Waals surface area contributed by atoms with Crippen molar-refractivity contribution in [3.63, 3.8) is 0 Å². The van der Waals surface area contributed by atoms with Gasteiger partial charge in [-0.05, 0) is 70.2 Å². The first-order valence-electron chi connectivity index (χ1n) is 9.14. The van der Waals surface area contributed by atoms with E-state index in [0.29, 0.717) is 6.42 Å². The van der Waals surface area contributed by atoms with Crippen LogP contribution in [0.15, 0.2) is 42.0 Å². The maximum atomic E-state index is 12.3. The molecular formula is C21H27N3O. The predicted molar refractivity (Wildman–Crippen MR) is 101 cm³/mol. The highest BCUT2D eigenvalue weighted by Gasteiger charge is 2.13. The molecule has 1 N–H and O–H groups in total. The summed E-state index contributed by atoms with van der Waals surface area (Å²) in [5, 5.41) is 7.63. The minimum Gasteiger partial charge on any atom is -0.349 e. The van der Waals surface area contributed by atoms with Gasteiger partial charge in [-0.1, -0.05) is 23.8 Å². The number of aryl methyl sites for hydroxylation is 2. The Hall–Kier alpha value is -2.36. The zero-order valence-corrected chi connectivity index (χ0v) is 15.4. The molecule has 3 rings (SSSR count). The number of nitrogens with one attached hydrogen (secondary N) is 1. The first-order chi connectivity index (χ1) is 12.0. The Bertz CT molecular complexity index is 771. The molecule has 0 saturated heterocycles. The van der Waals surface area contributed by atoms with Crippen LogP contribution in [0.25, 0.3) is 5.69 Å². The lowest BCUT2D eigenvalue weighted by Gasteiger charge is -2.17. The van der Waals surface area contributed by atoms with Crippen molar-refractivity contribution < 1.29 is 4.79 Å². The van der Waals surface area contributed by atoms with Gasteiger partial charge in [-0.2, -0.15) is 5.10 Å². The number of rotatable bonds is 5. The topological polar surface area (TPSA) is 46.9 Å². The second-order valence-electron chi connectivity index (χ2n) is 7.00. The number of hydrogen-bond acceptors (Lipinski definition) is 2. The van der Waals surface area contributed by atoms with Crippen molar-refractivity contribution in [1.29, 1.82) is 0 Å². The fourth-order valence-electron chi connectivity index (χ4n) is 3.44. The van der Waals surface area contributed by atoms with Crippen molar-refractivity contribution in [2.45, 2.75) is 58.9 Å². The summed E-state index contributed by atoms with van der Waals surface area (Å²) in [6.45, 7) is 6.08. The summed E-state index contributed by atoms with van der Waals surface area (Å²) in [5.74, 6) is 0.114. The lowest BCUT2D eigenvalue weighted by molar-refractivity contribution is -0.121. The smallest absolute Gasteiger partial charge is 0.224 e. The van der Waals surface area contributed by atoms with Gasteiger partial charge < -0.3 is 5.32 Å². The Labute approximate surface area is 149 Å². The molecule has 1 aliphatic rings. The van der Waals surface area contributed by atoms with Crippen molar-refractivity contribution in [2.75, 3.05) is 0 Å². The summed E-state index contributed by atoms with van der Waals surface area (Å²) < 4.78 is 1.94. The van der Waals surface area contributed by atoms with E-state index in [4.69, 9.17) is 0 Å².